The summed E-state index contributed by atoms with van der Waals surface area (Å²) in [4.78, 5) is 0. The van der Waals surface area contributed by atoms with Gasteiger partial charge in [0.15, 0.2) is 6.29 Å². The van der Waals surface area contributed by atoms with E-state index in [-0.39, 0.29) is 19.4 Å². The summed E-state index contributed by atoms with van der Waals surface area (Å²) in [7, 11) is -3.95. The van der Waals surface area contributed by atoms with Crippen LogP contribution in [0.25, 0.3) is 0 Å². The highest BCUT2D eigenvalue weighted by Crippen LogP contribution is 2.37. The van der Waals surface area contributed by atoms with Gasteiger partial charge in [0.05, 0.1) is 48.5 Å². The van der Waals surface area contributed by atoms with Crippen LogP contribution in [0.1, 0.15) is 58.3 Å². The summed E-state index contributed by atoms with van der Waals surface area (Å²) in [5, 5.41) is 4.75. The predicted octanol–water partition coefficient (Wildman–Crippen LogP) is 1.00. The van der Waals surface area contributed by atoms with Crippen LogP contribution in [0.2, 0.25) is 0 Å². The molecule has 0 aromatic carbocycles. The molecule has 0 bridgehead atoms. The largest absolute Gasteiger partial charge is 0.498 e. The summed E-state index contributed by atoms with van der Waals surface area (Å²) >= 11 is 0. The Hall–Kier alpha value is -0.975. The predicted molar refractivity (Wildman–Crippen MR) is 112 cm³/mol. The zero-order valence-electron chi connectivity index (χ0n) is 18.5. The van der Waals surface area contributed by atoms with Crippen LogP contribution in [0.15, 0.2) is 0 Å². The summed E-state index contributed by atoms with van der Waals surface area (Å²) in [5.41, 5.74) is 1.27. The number of nitrogens with zero attached hydrogens (tertiary/aromatic N) is 3. The second-order valence-electron chi connectivity index (χ2n) is 9.32. The van der Waals surface area contributed by atoms with Crippen LogP contribution >= 0.6 is 0 Å². The molecule has 3 aliphatic rings. The Labute approximate surface area is 179 Å². The lowest BCUT2D eigenvalue weighted by atomic mass is 9.76. The fraction of sp³-hybridized carbons (Fsp3) is 0.842. The van der Waals surface area contributed by atoms with Gasteiger partial charge < -0.3 is 18.8 Å². The molecule has 0 amide bonds. The van der Waals surface area contributed by atoms with Gasteiger partial charge in [0.2, 0.25) is 10.0 Å². The van der Waals surface area contributed by atoms with E-state index in [0.29, 0.717) is 25.4 Å². The fourth-order valence-electron chi connectivity index (χ4n) is 4.01. The van der Waals surface area contributed by atoms with Gasteiger partial charge in [-0.2, -0.15) is 9.40 Å². The molecule has 168 valence electrons. The standard InChI is InChI=1S/C19H32BN3O6S/c1-18(2)19(3,4)29-20(28-18)17-14(13-27-16-8-6-7-11-26-16)21-23-10-9-22(12-15(17)23)30(5,24)25/h16H,6-13H2,1-5H3. The average Bonchev–Trinajstić information content (AvgIpc) is 3.12. The lowest BCUT2D eigenvalue weighted by molar-refractivity contribution is -0.169. The molecule has 11 heteroatoms. The van der Waals surface area contributed by atoms with Crippen LogP contribution in [0.3, 0.4) is 0 Å². The van der Waals surface area contributed by atoms with Crippen LogP contribution in [-0.2, 0) is 48.5 Å². The van der Waals surface area contributed by atoms with E-state index >= 15 is 0 Å². The van der Waals surface area contributed by atoms with E-state index in [1.54, 1.807) is 0 Å². The number of sulfonamides is 1. The zero-order chi connectivity index (χ0) is 21.7. The first-order valence-corrected chi connectivity index (χ1v) is 12.5. The fourth-order valence-corrected chi connectivity index (χ4v) is 4.78. The van der Waals surface area contributed by atoms with Gasteiger partial charge in [-0.15, -0.1) is 0 Å². The third-order valence-corrected chi connectivity index (χ3v) is 7.81. The minimum absolute atomic E-state index is 0.240. The van der Waals surface area contributed by atoms with Gasteiger partial charge in [0.25, 0.3) is 0 Å². The number of hydrogen-bond donors (Lipinski definition) is 0. The first-order valence-electron chi connectivity index (χ1n) is 10.6. The van der Waals surface area contributed by atoms with E-state index in [1.165, 1.54) is 10.6 Å². The molecule has 3 aliphatic heterocycles. The summed E-state index contributed by atoms with van der Waals surface area (Å²) in [6, 6.07) is 0. The summed E-state index contributed by atoms with van der Waals surface area (Å²) < 4.78 is 51.9. The van der Waals surface area contributed by atoms with E-state index in [0.717, 1.165) is 30.4 Å². The number of fused-ring (bicyclic) bond motifs is 1. The third-order valence-electron chi connectivity index (χ3n) is 6.56. The van der Waals surface area contributed by atoms with Crippen molar-refractivity contribution in [3.63, 3.8) is 0 Å². The molecule has 0 aliphatic carbocycles. The van der Waals surface area contributed by atoms with Gasteiger partial charge in [-0.1, -0.05) is 0 Å². The Morgan fingerprint density at radius 2 is 1.87 bits per heavy atom. The Morgan fingerprint density at radius 1 is 1.17 bits per heavy atom. The minimum atomic E-state index is -3.32. The maximum atomic E-state index is 12.2. The van der Waals surface area contributed by atoms with E-state index in [2.05, 4.69) is 0 Å². The molecule has 2 saturated heterocycles. The van der Waals surface area contributed by atoms with Gasteiger partial charge in [-0.25, -0.2) is 8.42 Å². The normalized spacial score (nSPS) is 26.7. The van der Waals surface area contributed by atoms with Gasteiger partial charge in [-0.05, 0) is 47.0 Å². The molecule has 0 radical (unpaired) electrons. The molecule has 2 fully saturated rings. The summed E-state index contributed by atoms with van der Waals surface area (Å²) in [5.74, 6) is 0. The number of aromatic nitrogens is 2. The highest BCUT2D eigenvalue weighted by atomic mass is 32.2. The average molecular weight is 441 g/mol. The van der Waals surface area contributed by atoms with Crippen LogP contribution in [0.4, 0.5) is 0 Å². The van der Waals surface area contributed by atoms with Crippen molar-refractivity contribution in [3.05, 3.63) is 11.4 Å². The van der Waals surface area contributed by atoms with Crippen LogP contribution in [-0.4, -0.2) is 66.5 Å². The van der Waals surface area contributed by atoms with Crippen molar-refractivity contribution in [3.8, 4) is 0 Å². The van der Waals surface area contributed by atoms with Crippen LogP contribution < -0.4 is 5.46 Å². The Bertz CT molecular complexity index is 878. The lowest BCUT2D eigenvalue weighted by Gasteiger charge is -2.32. The van der Waals surface area contributed by atoms with Crippen molar-refractivity contribution < 1.29 is 27.2 Å². The first kappa shape index (κ1) is 22.2. The first-order chi connectivity index (χ1) is 14.0. The molecule has 9 nitrogen and oxygen atoms in total. The van der Waals surface area contributed by atoms with Crippen molar-refractivity contribution >= 4 is 22.6 Å². The molecular formula is C19H32BN3O6S. The van der Waals surface area contributed by atoms with Gasteiger partial charge in [-0.3, -0.25) is 4.68 Å². The van der Waals surface area contributed by atoms with Gasteiger partial charge in [0, 0.05) is 18.6 Å². The Balaban J connectivity index is 1.65. The maximum absolute atomic E-state index is 12.2. The number of hydrogen-bond acceptors (Lipinski definition) is 7. The maximum Gasteiger partial charge on any atom is 0.498 e. The molecule has 4 rings (SSSR count). The second kappa shape index (κ2) is 7.86. The molecule has 0 spiro atoms. The van der Waals surface area contributed by atoms with Crippen molar-refractivity contribution in [2.75, 3.05) is 19.4 Å². The van der Waals surface area contributed by atoms with Crippen molar-refractivity contribution in [2.24, 2.45) is 0 Å². The monoisotopic (exact) mass is 441 g/mol. The molecule has 30 heavy (non-hydrogen) atoms. The Kier molecular flexibility index (Phi) is 5.82. The molecule has 1 aromatic heterocycles. The molecule has 0 saturated carbocycles. The minimum Gasteiger partial charge on any atom is -0.399 e. The quantitative estimate of drug-likeness (QED) is 0.630. The number of ether oxygens (including phenoxy) is 2. The molecule has 1 atom stereocenters. The molecule has 1 aromatic rings. The van der Waals surface area contributed by atoms with Crippen LogP contribution in [0, 0.1) is 0 Å². The highest BCUT2D eigenvalue weighted by Gasteiger charge is 2.54. The highest BCUT2D eigenvalue weighted by molar-refractivity contribution is 7.88. The van der Waals surface area contributed by atoms with Gasteiger partial charge >= 0.3 is 7.12 Å². The summed E-state index contributed by atoms with van der Waals surface area (Å²) in [6.07, 6.45) is 3.99. The number of rotatable bonds is 5. The van der Waals surface area contributed by atoms with E-state index in [9.17, 15) is 8.42 Å². The SMILES string of the molecule is CC1(C)OB(c2c(COC3CCCCO3)nn3c2CN(S(C)(=O)=O)CC3)OC1(C)C. The van der Waals surface area contributed by atoms with Gasteiger partial charge in [0.1, 0.15) is 0 Å². The third kappa shape index (κ3) is 4.20. The smallest absolute Gasteiger partial charge is 0.399 e. The lowest BCUT2D eigenvalue weighted by Crippen LogP contribution is -2.44. The molecule has 4 heterocycles. The summed E-state index contributed by atoms with van der Waals surface area (Å²) in [6.45, 7) is 10.1. The molecule has 1 unspecified atom stereocenters. The van der Waals surface area contributed by atoms with Crippen molar-refractivity contribution in [2.45, 2.75) is 84.1 Å². The molecule has 0 N–H and O–H groups in total. The second-order valence-corrected chi connectivity index (χ2v) is 11.3. The zero-order valence-corrected chi connectivity index (χ0v) is 19.3. The Morgan fingerprint density at radius 3 is 2.47 bits per heavy atom. The van der Waals surface area contributed by atoms with E-state index in [4.69, 9.17) is 23.9 Å². The van der Waals surface area contributed by atoms with Crippen molar-refractivity contribution in [1.82, 2.24) is 14.1 Å². The van der Waals surface area contributed by atoms with Crippen LogP contribution in [0.5, 0.6) is 0 Å². The van der Waals surface area contributed by atoms with Crippen molar-refractivity contribution in [1.29, 1.82) is 0 Å². The van der Waals surface area contributed by atoms with E-state index in [1.807, 2.05) is 32.4 Å². The van der Waals surface area contributed by atoms with E-state index < -0.39 is 28.3 Å². The topological polar surface area (TPSA) is 92.1 Å². The molecular weight excluding hydrogens is 409 g/mol.